The number of aromatic hydroxyl groups is 1. The molecule has 1 saturated heterocycles. The number of nitrogens with zero attached hydrogens (tertiary/aromatic N) is 3. The molecule has 2 aromatic carbocycles. The van der Waals surface area contributed by atoms with E-state index in [9.17, 15) is 5.11 Å². The minimum absolute atomic E-state index is 0.125. The van der Waals surface area contributed by atoms with Crippen LogP contribution < -0.4 is 4.90 Å². The lowest BCUT2D eigenvalue weighted by Gasteiger charge is -2.28. The Labute approximate surface area is 159 Å². The van der Waals surface area contributed by atoms with Crippen molar-refractivity contribution in [1.82, 2.24) is 9.97 Å². The number of morpholine rings is 1. The molecule has 0 aliphatic carbocycles. The Bertz CT molecular complexity index is 1120. The number of hydrogen-bond donors (Lipinski definition) is 2. The number of ether oxygens (including phenoxy) is 1. The second-order valence-corrected chi connectivity index (χ2v) is 7.30. The van der Waals surface area contributed by atoms with Gasteiger partial charge in [-0.15, -0.1) is 11.3 Å². The first-order valence-electron chi connectivity index (χ1n) is 8.83. The maximum atomic E-state index is 10.3. The molecule has 3 heterocycles. The van der Waals surface area contributed by atoms with Crippen molar-refractivity contribution in [3.8, 4) is 5.88 Å². The third-order valence-corrected chi connectivity index (χ3v) is 5.71. The molecule has 6 nitrogen and oxygen atoms in total. The van der Waals surface area contributed by atoms with Crippen LogP contribution in [0, 0.1) is 0 Å². The smallest absolute Gasteiger partial charge is 0.198 e. The molecule has 27 heavy (non-hydrogen) atoms. The number of thiazole rings is 1. The molecule has 0 saturated carbocycles. The van der Waals surface area contributed by atoms with Crippen molar-refractivity contribution in [2.24, 2.45) is 4.99 Å². The average molecular weight is 378 g/mol. The monoisotopic (exact) mass is 378 g/mol. The van der Waals surface area contributed by atoms with Gasteiger partial charge < -0.3 is 19.7 Å². The van der Waals surface area contributed by atoms with Gasteiger partial charge in [-0.3, -0.25) is 4.99 Å². The lowest BCUT2D eigenvalue weighted by atomic mass is 10.1. The van der Waals surface area contributed by atoms with E-state index in [1.165, 1.54) is 5.69 Å². The Morgan fingerprint density at radius 3 is 2.78 bits per heavy atom. The van der Waals surface area contributed by atoms with E-state index in [0.717, 1.165) is 53.1 Å². The summed E-state index contributed by atoms with van der Waals surface area (Å²) in [4.78, 5) is 14.3. The zero-order chi connectivity index (χ0) is 18.2. The second-order valence-electron chi connectivity index (χ2n) is 6.45. The van der Waals surface area contributed by atoms with Gasteiger partial charge in [-0.1, -0.05) is 0 Å². The van der Waals surface area contributed by atoms with E-state index in [0.29, 0.717) is 5.56 Å². The summed E-state index contributed by atoms with van der Waals surface area (Å²) >= 11 is 1.56. The fraction of sp³-hybridized carbons (Fsp3) is 0.200. The highest BCUT2D eigenvalue weighted by Gasteiger charge is 2.14. The fourth-order valence-electron chi connectivity index (χ4n) is 3.45. The molecule has 0 atom stereocenters. The summed E-state index contributed by atoms with van der Waals surface area (Å²) in [5.41, 5.74) is 6.34. The molecule has 2 aromatic heterocycles. The second kappa shape index (κ2) is 6.68. The van der Waals surface area contributed by atoms with Crippen molar-refractivity contribution in [3.05, 3.63) is 47.5 Å². The molecule has 0 amide bonds. The van der Waals surface area contributed by atoms with Gasteiger partial charge in [-0.05, 0) is 36.4 Å². The van der Waals surface area contributed by atoms with Crippen LogP contribution in [0.3, 0.4) is 0 Å². The van der Waals surface area contributed by atoms with Gasteiger partial charge in [0.25, 0.3) is 0 Å². The number of anilines is 1. The molecular weight excluding hydrogens is 360 g/mol. The molecule has 4 aromatic rings. The largest absolute Gasteiger partial charge is 0.494 e. The van der Waals surface area contributed by atoms with Crippen molar-refractivity contribution < 1.29 is 9.84 Å². The summed E-state index contributed by atoms with van der Waals surface area (Å²) in [6.45, 7) is 3.37. The molecule has 136 valence electrons. The van der Waals surface area contributed by atoms with Gasteiger partial charge >= 0.3 is 0 Å². The normalized spacial score (nSPS) is 15.3. The van der Waals surface area contributed by atoms with Gasteiger partial charge in [0.15, 0.2) is 5.88 Å². The van der Waals surface area contributed by atoms with Gasteiger partial charge in [-0.25, -0.2) is 4.98 Å². The molecule has 0 spiro atoms. The van der Waals surface area contributed by atoms with Crippen LogP contribution in [0.15, 0.2) is 46.9 Å². The number of nitrogens with one attached hydrogen (secondary N) is 1. The van der Waals surface area contributed by atoms with Crippen LogP contribution in [0.2, 0.25) is 0 Å². The third kappa shape index (κ3) is 2.94. The van der Waals surface area contributed by atoms with Gasteiger partial charge in [0, 0.05) is 30.4 Å². The minimum Gasteiger partial charge on any atom is -0.494 e. The van der Waals surface area contributed by atoms with Crippen LogP contribution >= 0.6 is 11.3 Å². The van der Waals surface area contributed by atoms with E-state index in [1.54, 1.807) is 17.6 Å². The zero-order valence-electron chi connectivity index (χ0n) is 14.6. The Kier molecular flexibility index (Phi) is 4.03. The molecule has 1 fully saturated rings. The van der Waals surface area contributed by atoms with Crippen molar-refractivity contribution in [3.63, 3.8) is 0 Å². The molecule has 1 aliphatic rings. The first-order chi connectivity index (χ1) is 13.3. The topological polar surface area (TPSA) is 73.7 Å². The van der Waals surface area contributed by atoms with Crippen LogP contribution in [-0.4, -0.2) is 47.6 Å². The molecule has 7 heteroatoms. The van der Waals surface area contributed by atoms with Gasteiger partial charge in [0.1, 0.15) is 0 Å². The predicted octanol–water partition coefficient (Wildman–Crippen LogP) is 4.07. The number of H-pyrrole nitrogens is 1. The third-order valence-electron chi connectivity index (χ3n) is 4.85. The van der Waals surface area contributed by atoms with Crippen molar-refractivity contribution >= 4 is 50.0 Å². The lowest BCUT2D eigenvalue weighted by molar-refractivity contribution is 0.122. The maximum Gasteiger partial charge on any atom is 0.198 e. The quantitative estimate of drug-likeness (QED) is 0.527. The van der Waals surface area contributed by atoms with Crippen molar-refractivity contribution in [2.75, 3.05) is 31.2 Å². The maximum absolute atomic E-state index is 10.3. The predicted molar refractivity (Wildman–Crippen MR) is 110 cm³/mol. The number of aliphatic imine (C=N–C) groups is 1. The number of aromatic amines is 1. The molecule has 2 N–H and O–H groups in total. The molecule has 0 bridgehead atoms. The number of rotatable bonds is 3. The molecule has 1 aliphatic heterocycles. The zero-order valence-corrected chi connectivity index (χ0v) is 15.4. The summed E-state index contributed by atoms with van der Waals surface area (Å²) in [7, 11) is 0. The van der Waals surface area contributed by atoms with Crippen LogP contribution in [0.1, 0.15) is 5.56 Å². The molecule has 5 rings (SSSR count). The van der Waals surface area contributed by atoms with E-state index in [4.69, 9.17) is 4.74 Å². The Morgan fingerprint density at radius 2 is 1.96 bits per heavy atom. The van der Waals surface area contributed by atoms with Crippen LogP contribution in [0.4, 0.5) is 11.4 Å². The molecular formula is C20H18N4O2S. The summed E-state index contributed by atoms with van der Waals surface area (Å²) in [5.74, 6) is 0.125. The van der Waals surface area contributed by atoms with E-state index in [1.807, 2.05) is 29.8 Å². The van der Waals surface area contributed by atoms with Crippen molar-refractivity contribution in [1.29, 1.82) is 0 Å². The van der Waals surface area contributed by atoms with Crippen LogP contribution in [0.5, 0.6) is 5.88 Å². The summed E-state index contributed by atoms with van der Waals surface area (Å²) in [6, 6.07) is 12.0. The number of hydrogen-bond acceptors (Lipinski definition) is 6. The summed E-state index contributed by atoms with van der Waals surface area (Å²) in [6.07, 6.45) is 1.72. The lowest BCUT2D eigenvalue weighted by Crippen LogP contribution is -2.36. The Morgan fingerprint density at radius 1 is 1.15 bits per heavy atom. The summed E-state index contributed by atoms with van der Waals surface area (Å²) in [5, 5.41) is 11.3. The fourth-order valence-corrected chi connectivity index (χ4v) is 4.30. The first kappa shape index (κ1) is 16.3. The number of fused-ring (bicyclic) bond motifs is 3. The highest BCUT2D eigenvalue weighted by molar-refractivity contribution is 7.17. The molecule has 0 unspecified atom stereocenters. The highest BCUT2D eigenvalue weighted by Crippen LogP contribution is 2.34. The number of aromatic nitrogens is 2. The Balaban J connectivity index is 1.47. The van der Waals surface area contributed by atoms with Gasteiger partial charge in [-0.2, -0.15) is 0 Å². The Hall–Kier alpha value is -2.90. The molecule has 0 radical (unpaired) electrons. The minimum atomic E-state index is 0.125. The SMILES string of the molecule is Oc1[nH]c2ccc3ncsc3c2c1C=Nc1ccc(N2CCOCC2)cc1. The van der Waals surface area contributed by atoms with Crippen LogP contribution in [-0.2, 0) is 4.74 Å². The highest BCUT2D eigenvalue weighted by atomic mass is 32.1. The standard InChI is InChI=1S/C20H18N4O2S/c25-20-15(18-16(23-20)5-6-17-19(18)27-12-22-17)11-21-13-1-3-14(4-2-13)24-7-9-26-10-8-24/h1-6,11-12,23,25H,7-10H2. The van der Waals surface area contributed by atoms with E-state index in [2.05, 4.69) is 32.0 Å². The van der Waals surface area contributed by atoms with E-state index in [-0.39, 0.29) is 5.88 Å². The van der Waals surface area contributed by atoms with E-state index >= 15 is 0 Å². The van der Waals surface area contributed by atoms with Gasteiger partial charge in [0.2, 0.25) is 0 Å². The average Bonchev–Trinajstić information content (AvgIpc) is 3.31. The van der Waals surface area contributed by atoms with Crippen LogP contribution in [0.25, 0.3) is 21.1 Å². The number of benzene rings is 2. The first-order valence-corrected chi connectivity index (χ1v) is 9.71. The van der Waals surface area contributed by atoms with E-state index < -0.39 is 0 Å². The van der Waals surface area contributed by atoms with Gasteiger partial charge in [0.05, 0.1) is 45.7 Å². The van der Waals surface area contributed by atoms with Crippen molar-refractivity contribution in [2.45, 2.75) is 0 Å². The summed E-state index contributed by atoms with van der Waals surface area (Å²) < 4.78 is 6.45.